The zero-order valence-corrected chi connectivity index (χ0v) is 20.8. The van der Waals surface area contributed by atoms with Crippen molar-refractivity contribution in [2.75, 3.05) is 17.0 Å². The SMILES string of the molecule is CCNC(=O)c1ccc2c(=O)c(C)cn(-c3cc(NSCC)ccc3Oc3ccc(F)cc3F)c2c1. The van der Waals surface area contributed by atoms with Crippen molar-refractivity contribution in [2.24, 2.45) is 0 Å². The third-order valence-corrected chi connectivity index (χ3v) is 6.12. The van der Waals surface area contributed by atoms with Gasteiger partial charge in [0.25, 0.3) is 5.91 Å². The van der Waals surface area contributed by atoms with Crippen LogP contribution in [0.5, 0.6) is 11.5 Å². The van der Waals surface area contributed by atoms with Crippen LogP contribution in [0.15, 0.2) is 65.6 Å². The molecule has 9 heteroatoms. The molecule has 36 heavy (non-hydrogen) atoms. The zero-order chi connectivity index (χ0) is 25.8. The predicted molar refractivity (Wildman–Crippen MR) is 140 cm³/mol. The summed E-state index contributed by atoms with van der Waals surface area (Å²) in [5, 5.41) is 3.18. The molecule has 1 amide bonds. The first-order valence-electron chi connectivity index (χ1n) is 11.4. The summed E-state index contributed by atoms with van der Waals surface area (Å²) in [6, 6.07) is 13.2. The molecule has 1 aromatic heterocycles. The van der Waals surface area contributed by atoms with Gasteiger partial charge in [0.2, 0.25) is 0 Å². The van der Waals surface area contributed by atoms with Crippen LogP contribution < -0.4 is 20.2 Å². The summed E-state index contributed by atoms with van der Waals surface area (Å²) in [4.78, 5) is 25.5. The molecular weight excluding hydrogens is 484 g/mol. The molecule has 4 rings (SSSR count). The van der Waals surface area contributed by atoms with Gasteiger partial charge >= 0.3 is 0 Å². The number of carbonyl (C=O) groups excluding carboxylic acids is 1. The van der Waals surface area contributed by atoms with E-state index in [0.29, 0.717) is 34.3 Å². The van der Waals surface area contributed by atoms with Crippen molar-refractivity contribution in [3.63, 3.8) is 0 Å². The number of aromatic nitrogens is 1. The Hall–Kier alpha value is -3.85. The average Bonchev–Trinajstić information content (AvgIpc) is 2.87. The number of nitrogens with one attached hydrogen (secondary N) is 2. The lowest BCUT2D eigenvalue weighted by atomic mass is 10.1. The van der Waals surface area contributed by atoms with E-state index < -0.39 is 11.6 Å². The maximum atomic E-state index is 14.4. The van der Waals surface area contributed by atoms with Gasteiger partial charge in [0.15, 0.2) is 22.7 Å². The number of hydrogen-bond donors (Lipinski definition) is 2. The van der Waals surface area contributed by atoms with Gasteiger partial charge in [-0.3, -0.25) is 9.59 Å². The number of anilines is 1. The van der Waals surface area contributed by atoms with E-state index in [-0.39, 0.29) is 22.8 Å². The summed E-state index contributed by atoms with van der Waals surface area (Å²) >= 11 is 1.50. The highest BCUT2D eigenvalue weighted by molar-refractivity contribution is 8.00. The van der Waals surface area contributed by atoms with Crippen molar-refractivity contribution in [3.8, 4) is 17.2 Å². The van der Waals surface area contributed by atoms with E-state index in [1.54, 1.807) is 48.0 Å². The van der Waals surface area contributed by atoms with Crippen molar-refractivity contribution in [2.45, 2.75) is 20.8 Å². The third kappa shape index (κ3) is 5.21. The Morgan fingerprint density at radius 3 is 2.53 bits per heavy atom. The van der Waals surface area contributed by atoms with E-state index in [4.69, 9.17) is 4.74 Å². The minimum absolute atomic E-state index is 0.147. The number of ether oxygens (including phenoxy) is 1. The van der Waals surface area contributed by atoms with Gasteiger partial charge in [0, 0.05) is 46.8 Å². The van der Waals surface area contributed by atoms with Crippen molar-refractivity contribution < 1.29 is 18.3 Å². The minimum atomic E-state index is -0.843. The van der Waals surface area contributed by atoms with Crippen LogP contribution in [0.1, 0.15) is 29.8 Å². The second-order valence-electron chi connectivity index (χ2n) is 8.00. The molecule has 0 unspecified atom stereocenters. The van der Waals surface area contributed by atoms with Gasteiger partial charge in [0.05, 0.1) is 11.2 Å². The highest BCUT2D eigenvalue weighted by atomic mass is 32.2. The number of carbonyl (C=O) groups is 1. The number of amides is 1. The Morgan fingerprint density at radius 2 is 1.81 bits per heavy atom. The van der Waals surface area contributed by atoms with Crippen LogP contribution in [0.2, 0.25) is 0 Å². The number of aryl methyl sites for hydroxylation is 1. The fourth-order valence-corrected chi connectivity index (χ4v) is 4.19. The lowest BCUT2D eigenvalue weighted by molar-refractivity contribution is 0.0956. The molecule has 0 saturated carbocycles. The number of hydrogen-bond acceptors (Lipinski definition) is 5. The number of nitrogens with zero attached hydrogens (tertiary/aromatic N) is 1. The van der Waals surface area contributed by atoms with Gasteiger partial charge in [-0.25, -0.2) is 8.78 Å². The second-order valence-corrected chi connectivity index (χ2v) is 9.07. The predicted octanol–water partition coefficient (Wildman–Crippen LogP) is 6.20. The second kappa shape index (κ2) is 10.8. The summed E-state index contributed by atoms with van der Waals surface area (Å²) < 4.78 is 38.7. The van der Waals surface area contributed by atoms with Gasteiger partial charge in [-0.15, -0.1) is 0 Å². The Balaban J connectivity index is 1.95. The van der Waals surface area contributed by atoms with Gasteiger partial charge in [-0.05, 0) is 62.4 Å². The lowest BCUT2D eigenvalue weighted by Crippen LogP contribution is -2.23. The summed E-state index contributed by atoms with van der Waals surface area (Å²) in [6.07, 6.45) is 1.66. The Bertz CT molecular complexity index is 1500. The molecule has 3 aromatic carbocycles. The first-order chi connectivity index (χ1) is 17.3. The first-order valence-corrected chi connectivity index (χ1v) is 12.4. The van der Waals surface area contributed by atoms with Crippen molar-refractivity contribution in [1.82, 2.24) is 9.88 Å². The number of fused-ring (bicyclic) bond motifs is 1. The topological polar surface area (TPSA) is 72.4 Å². The fourth-order valence-electron chi connectivity index (χ4n) is 3.75. The van der Waals surface area contributed by atoms with Gasteiger partial charge in [-0.1, -0.05) is 18.9 Å². The molecule has 0 saturated heterocycles. The maximum Gasteiger partial charge on any atom is 0.251 e. The summed E-state index contributed by atoms with van der Waals surface area (Å²) in [5.74, 6) is -0.866. The van der Waals surface area contributed by atoms with Gasteiger partial charge in [-0.2, -0.15) is 0 Å². The van der Waals surface area contributed by atoms with Crippen molar-refractivity contribution in [3.05, 3.63) is 93.8 Å². The van der Waals surface area contributed by atoms with Crippen LogP contribution in [0.25, 0.3) is 16.6 Å². The van der Waals surface area contributed by atoms with Crippen LogP contribution in [-0.2, 0) is 0 Å². The van der Waals surface area contributed by atoms with Crippen LogP contribution in [0.3, 0.4) is 0 Å². The smallest absolute Gasteiger partial charge is 0.251 e. The molecule has 0 radical (unpaired) electrons. The number of rotatable bonds is 8. The third-order valence-electron chi connectivity index (χ3n) is 5.45. The lowest BCUT2D eigenvalue weighted by Gasteiger charge is -2.19. The molecule has 0 aliphatic carbocycles. The van der Waals surface area contributed by atoms with E-state index in [1.807, 2.05) is 19.9 Å². The molecule has 0 atom stereocenters. The van der Waals surface area contributed by atoms with Crippen LogP contribution >= 0.6 is 11.9 Å². The van der Waals surface area contributed by atoms with Gasteiger partial charge in [0.1, 0.15) is 5.82 Å². The number of pyridine rings is 1. The highest BCUT2D eigenvalue weighted by Crippen LogP contribution is 2.34. The molecule has 6 nitrogen and oxygen atoms in total. The van der Waals surface area contributed by atoms with E-state index in [2.05, 4.69) is 10.0 Å². The van der Waals surface area contributed by atoms with Crippen LogP contribution in [0, 0.1) is 18.6 Å². The Labute approximate surface area is 211 Å². The molecule has 0 fully saturated rings. The highest BCUT2D eigenvalue weighted by Gasteiger charge is 2.17. The van der Waals surface area contributed by atoms with Gasteiger partial charge < -0.3 is 19.3 Å². The quantitative estimate of drug-likeness (QED) is 0.277. The van der Waals surface area contributed by atoms with Crippen LogP contribution in [-0.4, -0.2) is 22.8 Å². The Kier molecular flexibility index (Phi) is 7.59. The molecule has 0 bridgehead atoms. The normalized spacial score (nSPS) is 10.9. The van der Waals surface area contributed by atoms with Crippen LogP contribution in [0.4, 0.5) is 14.5 Å². The van der Waals surface area contributed by atoms with E-state index in [9.17, 15) is 18.4 Å². The summed E-state index contributed by atoms with van der Waals surface area (Å²) in [5.41, 5.74) is 2.46. The largest absolute Gasteiger partial charge is 0.452 e. The monoisotopic (exact) mass is 509 g/mol. The van der Waals surface area contributed by atoms with E-state index >= 15 is 0 Å². The maximum absolute atomic E-state index is 14.4. The fraction of sp³-hybridized carbons (Fsp3) is 0.185. The number of halogens is 2. The molecule has 0 aliphatic heterocycles. The van der Waals surface area contributed by atoms with Crippen molar-refractivity contribution in [1.29, 1.82) is 0 Å². The zero-order valence-electron chi connectivity index (χ0n) is 20.0. The first kappa shape index (κ1) is 25.2. The van der Waals surface area contributed by atoms with Crippen molar-refractivity contribution >= 4 is 34.4 Å². The molecule has 2 N–H and O–H groups in total. The molecule has 186 valence electrons. The Morgan fingerprint density at radius 1 is 1.03 bits per heavy atom. The number of benzene rings is 3. The molecule has 4 aromatic rings. The summed E-state index contributed by atoms with van der Waals surface area (Å²) in [7, 11) is 0. The van der Waals surface area contributed by atoms with E-state index in [1.165, 1.54) is 18.0 Å². The average molecular weight is 510 g/mol. The molecule has 1 heterocycles. The molecule has 0 spiro atoms. The molecular formula is C27H25F2N3O3S. The summed E-state index contributed by atoms with van der Waals surface area (Å²) in [6.45, 7) is 5.99. The molecule has 0 aliphatic rings. The standard InChI is InChI=1S/C27H25F2N3O3S/c1-4-30-27(34)17-6-9-20-22(12-17)32(15-16(3)26(20)33)23-14-19(31-36-5-2)8-11-25(23)35-24-10-7-18(28)13-21(24)29/h6-15,31H,4-5H2,1-3H3,(H,30,34). The van der Waals surface area contributed by atoms with E-state index in [0.717, 1.165) is 23.6 Å². The minimum Gasteiger partial charge on any atom is -0.452 e.